The van der Waals surface area contributed by atoms with E-state index in [1.54, 1.807) is 6.07 Å². The smallest absolute Gasteiger partial charge is 0.136 e. The molecule has 3 aromatic rings. The van der Waals surface area contributed by atoms with Gasteiger partial charge in [0.1, 0.15) is 24.9 Å². The second-order valence-corrected chi connectivity index (χ2v) is 7.68. The number of fused-ring (bicyclic) bond motifs is 1. The minimum absolute atomic E-state index is 0. The average molecular weight is 461 g/mol. The van der Waals surface area contributed by atoms with Crippen molar-refractivity contribution in [2.75, 3.05) is 28.2 Å². The van der Waals surface area contributed by atoms with Crippen LogP contribution in [0.3, 0.4) is 0 Å². The molecule has 6 heteroatoms. The Bertz CT molecular complexity index is 928. The Morgan fingerprint density at radius 2 is 1.48 bits per heavy atom. The number of quaternary nitrogens is 1. The molecule has 0 aromatic heterocycles. The zero-order valence-corrected chi connectivity index (χ0v) is 19.0. The molecular formula is C23H29BrN2O3. The molecule has 1 N–H and O–H groups in total. The maximum absolute atomic E-state index is 10.3. The molecule has 0 aliphatic heterocycles. The second kappa shape index (κ2) is 10.8. The molecule has 0 bridgehead atoms. The van der Waals surface area contributed by atoms with Gasteiger partial charge in [0.15, 0.2) is 0 Å². The van der Waals surface area contributed by atoms with Gasteiger partial charge >= 0.3 is 0 Å². The molecule has 0 unspecified atom stereocenters. The highest BCUT2D eigenvalue weighted by atomic mass is 79.9. The predicted molar refractivity (Wildman–Crippen MR) is 121 cm³/mol. The lowest BCUT2D eigenvalue weighted by Crippen LogP contribution is -2.37. The van der Waals surface area contributed by atoms with Gasteiger partial charge in [-0.05, 0) is 16.8 Å². The fraction of sp³-hybridized carbons (Fsp3) is 0.261. The van der Waals surface area contributed by atoms with Crippen molar-refractivity contribution < 1.29 is 19.5 Å². The topological polar surface area (TPSA) is 63.6 Å². The largest absolute Gasteiger partial charge is 0.530 e. The molecule has 156 valence electrons. The van der Waals surface area contributed by atoms with E-state index >= 15 is 0 Å². The fourth-order valence-corrected chi connectivity index (χ4v) is 3.05. The van der Waals surface area contributed by atoms with Crippen LogP contribution >= 0.6 is 17.0 Å². The third-order valence-corrected chi connectivity index (χ3v) is 4.42. The van der Waals surface area contributed by atoms with Crippen molar-refractivity contribution in [1.82, 2.24) is 4.90 Å². The summed E-state index contributed by atoms with van der Waals surface area (Å²) in [6, 6.07) is 22.5. The second-order valence-electron chi connectivity index (χ2n) is 7.68. The van der Waals surface area contributed by atoms with Gasteiger partial charge in [-0.25, -0.2) is 0 Å². The van der Waals surface area contributed by atoms with Crippen molar-refractivity contribution in [2.24, 2.45) is 0 Å². The third-order valence-electron chi connectivity index (χ3n) is 4.42. The molecule has 5 nitrogen and oxygen atoms in total. The van der Waals surface area contributed by atoms with Gasteiger partial charge in [-0.15, -0.1) is 17.0 Å². The zero-order chi connectivity index (χ0) is 20.7. The van der Waals surface area contributed by atoms with Gasteiger partial charge in [0.2, 0.25) is 0 Å². The number of benzene rings is 3. The maximum Gasteiger partial charge on any atom is 0.136 e. The van der Waals surface area contributed by atoms with Gasteiger partial charge in [0, 0.05) is 19.7 Å². The summed E-state index contributed by atoms with van der Waals surface area (Å²) >= 11 is 0. The van der Waals surface area contributed by atoms with E-state index in [0.29, 0.717) is 5.75 Å². The fourth-order valence-electron chi connectivity index (χ4n) is 3.05. The van der Waals surface area contributed by atoms with Crippen molar-refractivity contribution >= 4 is 33.8 Å². The van der Waals surface area contributed by atoms with E-state index in [2.05, 4.69) is 50.5 Å². The van der Waals surface area contributed by atoms with Crippen LogP contribution in [0.15, 0.2) is 66.7 Å². The molecular weight excluding hydrogens is 432 g/mol. The first-order valence-corrected chi connectivity index (χ1v) is 9.13. The lowest BCUT2D eigenvalue weighted by molar-refractivity contribution is -0.916. The van der Waals surface area contributed by atoms with Gasteiger partial charge in [0.25, 0.3) is 0 Å². The number of carbonyl (C=O) groups excluding carboxylic acids is 1. The normalized spacial score (nSPS) is 10.5. The van der Waals surface area contributed by atoms with Crippen LogP contribution in [0.25, 0.3) is 10.8 Å². The number of rotatable bonds is 4. The number of amides is 1. The molecule has 3 rings (SSSR count). The highest BCUT2D eigenvalue weighted by Gasteiger charge is 2.20. The molecule has 3 aromatic carbocycles. The van der Waals surface area contributed by atoms with Crippen LogP contribution in [0, 0.1) is 0 Å². The number of hydrogen-bond donors (Lipinski definition) is 1. The van der Waals surface area contributed by atoms with E-state index in [1.807, 2.05) is 24.3 Å². The van der Waals surface area contributed by atoms with E-state index in [9.17, 15) is 15.0 Å². The van der Waals surface area contributed by atoms with Gasteiger partial charge < -0.3 is 24.4 Å². The van der Waals surface area contributed by atoms with Crippen molar-refractivity contribution in [3.05, 3.63) is 77.9 Å². The summed E-state index contributed by atoms with van der Waals surface area (Å²) in [6.07, 6.45) is -1.16. The van der Waals surface area contributed by atoms with Crippen molar-refractivity contribution in [1.29, 1.82) is 0 Å². The molecule has 29 heavy (non-hydrogen) atoms. The van der Waals surface area contributed by atoms with Crippen molar-refractivity contribution in [2.45, 2.75) is 13.1 Å². The van der Waals surface area contributed by atoms with Crippen molar-refractivity contribution in [3.8, 4) is 5.75 Å². The van der Waals surface area contributed by atoms with Crippen LogP contribution in [0.4, 0.5) is 4.79 Å². The lowest BCUT2D eigenvalue weighted by atomic mass is 10.0. The summed E-state index contributed by atoms with van der Waals surface area (Å²) in [5, 5.41) is 22.2. The highest BCUT2D eigenvalue weighted by Crippen LogP contribution is 2.30. The number of aromatic hydroxyl groups is 1. The molecule has 1 amide bonds. The van der Waals surface area contributed by atoms with Crippen LogP contribution in [0.5, 0.6) is 5.75 Å². The summed E-state index contributed by atoms with van der Waals surface area (Å²) in [7, 11) is 7.23. The van der Waals surface area contributed by atoms with Crippen LogP contribution < -0.4 is 5.11 Å². The number of halogens is 1. The Kier molecular flexibility index (Phi) is 9.14. The van der Waals surface area contributed by atoms with E-state index in [0.717, 1.165) is 33.4 Å². The van der Waals surface area contributed by atoms with Crippen LogP contribution in [0.1, 0.15) is 11.1 Å². The number of nitrogens with zero attached hydrogens (tertiary/aromatic N) is 2. The molecule has 0 saturated carbocycles. The van der Waals surface area contributed by atoms with Gasteiger partial charge in [-0.2, -0.15) is 0 Å². The van der Waals surface area contributed by atoms with Gasteiger partial charge in [0.05, 0.1) is 19.7 Å². The van der Waals surface area contributed by atoms with Crippen LogP contribution in [-0.4, -0.2) is 48.8 Å². The molecule has 0 aliphatic rings. The number of phenolic OH excluding ortho intramolecular Hbond substituents is 1. The molecule has 0 atom stereocenters. The van der Waals surface area contributed by atoms with Crippen LogP contribution in [0.2, 0.25) is 0 Å². The summed E-state index contributed by atoms with van der Waals surface area (Å²) in [4.78, 5) is 10.5. The summed E-state index contributed by atoms with van der Waals surface area (Å²) in [5.74, 6) is 0.387. The average Bonchev–Trinajstić information content (AvgIpc) is 2.65. The van der Waals surface area contributed by atoms with Gasteiger partial charge in [-0.3, -0.25) is 0 Å². The quantitative estimate of drug-likeness (QED) is 0.602. The summed E-state index contributed by atoms with van der Waals surface area (Å²) in [6.45, 7) is 1.73. The number of carboxylic acid groups (broad SMARTS) is 1. The first-order valence-electron chi connectivity index (χ1n) is 9.13. The molecule has 0 heterocycles. The summed E-state index contributed by atoms with van der Waals surface area (Å²) < 4.78 is 0.797. The van der Waals surface area contributed by atoms with E-state index in [-0.39, 0.29) is 17.0 Å². The minimum atomic E-state index is -1.16. The Balaban J connectivity index is 0.000000529. The Hall–Kier alpha value is -2.57. The lowest BCUT2D eigenvalue weighted by Gasteiger charge is -2.30. The van der Waals surface area contributed by atoms with E-state index < -0.39 is 6.09 Å². The monoisotopic (exact) mass is 460 g/mol. The molecule has 0 spiro atoms. The van der Waals surface area contributed by atoms with Gasteiger partial charge in [-0.1, -0.05) is 60.7 Å². The third kappa shape index (κ3) is 7.40. The molecule has 0 saturated heterocycles. The molecule has 0 aliphatic carbocycles. The molecule has 0 fully saturated rings. The zero-order valence-electron chi connectivity index (χ0n) is 17.3. The Morgan fingerprint density at radius 1 is 0.931 bits per heavy atom. The number of hydrogen-bond acceptors (Lipinski definition) is 3. The van der Waals surface area contributed by atoms with Crippen LogP contribution in [-0.2, 0) is 13.1 Å². The first-order chi connectivity index (χ1) is 13.2. The van der Waals surface area contributed by atoms with E-state index in [1.165, 1.54) is 25.0 Å². The standard InChI is InChI=1S/C20H21NO.C3H7NO2.BrH/c1-21(2,14-16-8-4-3-5-9-16)15-19-18-11-7-6-10-17(18)12-13-20(19)22;1-4(2)3(5)6;/h3-13H,14-15H2,1-2H3;1-2H3,(H,5,6);1H. The molecule has 0 radical (unpaired) electrons. The number of carbonyl (C=O) groups is 1. The first kappa shape index (κ1) is 24.5. The maximum atomic E-state index is 10.3. The number of phenols is 1. The predicted octanol–water partition coefficient (Wildman–Crippen LogP) is 3.79. The van der Waals surface area contributed by atoms with E-state index in [4.69, 9.17) is 0 Å². The Morgan fingerprint density at radius 3 is 2.07 bits per heavy atom. The SMILES string of the molecule is Br.CN(C)C(=O)[O-].C[N+](C)(Cc1ccccc1)Cc1c(O)ccc2ccccc12. The van der Waals surface area contributed by atoms with Crippen molar-refractivity contribution in [3.63, 3.8) is 0 Å². The summed E-state index contributed by atoms with van der Waals surface area (Å²) in [5.41, 5.74) is 2.34. The minimum Gasteiger partial charge on any atom is -0.530 e. The highest BCUT2D eigenvalue weighted by molar-refractivity contribution is 8.93. The Labute approximate surface area is 183 Å².